The standard InChI is InChI=1S/C16H21N3O2S/c1-11-5-4-8-19(10-11)16-17-12(2)14-7-6-13(22(3,20)21)9-15(14)18-16/h6-7,9,11H,4-5,8,10H2,1-3H3/t11-/m0/s1. The summed E-state index contributed by atoms with van der Waals surface area (Å²) in [6.07, 6.45) is 3.60. The van der Waals surface area contributed by atoms with Crippen LogP contribution in [0.1, 0.15) is 25.5 Å². The van der Waals surface area contributed by atoms with E-state index in [1.807, 2.05) is 6.92 Å². The Morgan fingerprint density at radius 2 is 2.05 bits per heavy atom. The Hall–Kier alpha value is -1.69. The molecule has 1 fully saturated rings. The second-order valence-electron chi connectivity index (χ2n) is 6.25. The van der Waals surface area contributed by atoms with E-state index in [0.717, 1.165) is 30.6 Å². The van der Waals surface area contributed by atoms with Gasteiger partial charge in [0.2, 0.25) is 5.95 Å². The summed E-state index contributed by atoms with van der Waals surface area (Å²) in [6.45, 7) is 6.10. The van der Waals surface area contributed by atoms with Gasteiger partial charge in [-0.1, -0.05) is 6.92 Å². The first kappa shape index (κ1) is 15.2. The molecule has 0 spiro atoms. The highest BCUT2D eigenvalue weighted by Crippen LogP contribution is 2.25. The van der Waals surface area contributed by atoms with Crippen LogP contribution in [0.2, 0.25) is 0 Å². The third-order valence-corrected chi connectivity index (χ3v) is 5.33. The summed E-state index contributed by atoms with van der Waals surface area (Å²) in [5.41, 5.74) is 1.59. The lowest BCUT2D eigenvalue weighted by molar-refractivity contribution is 0.442. The molecule has 1 atom stereocenters. The largest absolute Gasteiger partial charge is 0.341 e. The Morgan fingerprint density at radius 1 is 1.27 bits per heavy atom. The smallest absolute Gasteiger partial charge is 0.226 e. The molecule has 0 N–H and O–H groups in total. The summed E-state index contributed by atoms with van der Waals surface area (Å²) in [4.78, 5) is 11.7. The highest BCUT2D eigenvalue weighted by molar-refractivity contribution is 7.90. The number of aromatic nitrogens is 2. The van der Waals surface area contributed by atoms with Crippen molar-refractivity contribution in [1.82, 2.24) is 9.97 Å². The van der Waals surface area contributed by atoms with Crippen LogP contribution in [-0.2, 0) is 9.84 Å². The number of hydrogen-bond acceptors (Lipinski definition) is 5. The summed E-state index contributed by atoms with van der Waals surface area (Å²) in [5, 5.41) is 0.904. The molecule has 1 aliphatic heterocycles. The van der Waals surface area contributed by atoms with Crippen LogP contribution in [0.4, 0.5) is 5.95 Å². The second kappa shape index (κ2) is 5.50. The number of nitrogens with zero attached hydrogens (tertiary/aromatic N) is 3. The zero-order valence-corrected chi connectivity index (χ0v) is 14.0. The molecule has 6 heteroatoms. The number of fused-ring (bicyclic) bond motifs is 1. The summed E-state index contributed by atoms with van der Waals surface area (Å²) < 4.78 is 23.5. The van der Waals surface area contributed by atoms with Gasteiger partial charge in [0.05, 0.1) is 16.1 Å². The van der Waals surface area contributed by atoms with Crippen LogP contribution in [0.5, 0.6) is 0 Å². The van der Waals surface area contributed by atoms with E-state index < -0.39 is 9.84 Å². The van der Waals surface area contributed by atoms with E-state index >= 15 is 0 Å². The van der Waals surface area contributed by atoms with E-state index in [0.29, 0.717) is 22.3 Å². The molecule has 1 saturated heterocycles. The van der Waals surface area contributed by atoms with Crippen LogP contribution in [-0.4, -0.2) is 37.7 Å². The van der Waals surface area contributed by atoms with Gasteiger partial charge in [0.1, 0.15) is 0 Å². The summed E-state index contributed by atoms with van der Waals surface area (Å²) in [6, 6.07) is 5.07. The molecule has 0 aliphatic carbocycles. The Labute approximate surface area is 131 Å². The fraction of sp³-hybridized carbons (Fsp3) is 0.500. The first-order valence-electron chi connectivity index (χ1n) is 7.58. The van der Waals surface area contributed by atoms with Gasteiger partial charge in [-0.25, -0.2) is 18.4 Å². The number of hydrogen-bond donors (Lipinski definition) is 0. The van der Waals surface area contributed by atoms with Gasteiger partial charge in [-0.3, -0.25) is 0 Å². The zero-order chi connectivity index (χ0) is 15.9. The van der Waals surface area contributed by atoms with Crippen molar-refractivity contribution in [1.29, 1.82) is 0 Å². The van der Waals surface area contributed by atoms with E-state index in [1.54, 1.807) is 18.2 Å². The van der Waals surface area contributed by atoms with Crippen LogP contribution < -0.4 is 4.90 Å². The first-order valence-corrected chi connectivity index (χ1v) is 9.47. The molecular formula is C16H21N3O2S. The molecule has 1 aliphatic rings. The molecule has 2 aromatic rings. The van der Waals surface area contributed by atoms with Crippen molar-refractivity contribution in [2.24, 2.45) is 5.92 Å². The molecule has 1 aromatic carbocycles. The predicted octanol–water partition coefficient (Wildman–Crippen LogP) is 2.58. The van der Waals surface area contributed by atoms with Crippen molar-refractivity contribution in [3.63, 3.8) is 0 Å². The Kier molecular flexibility index (Phi) is 3.80. The van der Waals surface area contributed by atoms with Crippen molar-refractivity contribution in [3.8, 4) is 0 Å². The molecular weight excluding hydrogens is 298 g/mol. The molecule has 2 heterocycles. The quantitative estimate of drug-likeness (QED) is 0.851. The van der Waals surface area contributed by atoms with Gasteiger partial charge in [0.25, 0.3) is 0 Å². The molecule has 0 bridgehead atoms. The van der Waals surface area contributed by atoms with Crippen LogP contribution in [0.15, 0.2) is 23.1 Å². The second-order valence-corrected chi connectivity index (χ2v) is 8.27. The van der Waals surface area contributed by atoms with Gasteiger partial charge in [0, 0.05) is 24.7 Å². The maximum absolute atomic E-state index is 11.7. The van der Waals surface area contributed by atoms with Gasteiger partial charge in [-0.15, -0.1) is 0 Å². The molecule has 1 aromatic heterocycles. The molecule has 5 nitrogen and oxygen atoms in total. The number of benzene rings is 1. The maximum Gasteiger partial charge on any atom is 0.226 e. The van der Waals surface area contributed by atoms with Crippen molar-refractivity contribution >= 4 is 26.7 Å². The highest BCUT2D eigenvalue weighted by atomic mass is 32.2. The summed E-state index contributed by atoms with van der Waals surface area (Å²) in [5.74, 6) is 1.35. The first-order chi connectivity index (χ1) is 10.3. The predicted molar refractivity (Wildman–Crippen MR) is 88.0 cm³/mol. The maximum atomic E-state index is 11.7. The van der Waals surface area contributed by atoms with Crippen LogP contribution >= 0.6 is 0 Å². The van der Waals surface area contributed by atoms with Gasteiger partial charge < -0.3 is 4.90 Å². The lowest BCUT2D eigenvalue weighted by Gasteiger charge is -2.31. The minimum atomic E-state index is -3.23. The van der Waals surface area contributed by atoms with E-state index in [2.05, 4.69) is 21.8 Å². The molecule has 3 rings (SSSR count). The lowest BCUT2D eigenvalue weighted by Crippen LogP contribution is -2.35. The molecule has 0 unspecified atom stereocenters. The van der Waals surface area contributed by atoms with Crippen molar-refractivity contribution < 1.29 is 8.42 Å². The summed E-state index contributed by atoms with van der Waals surface area (Å²) in [7, 11) is -3.23. The number of aryl methyl sites for hydroxylation is 1. The molecule has 118 valence electrons. The third kappa shape index (κ3) is 2.92. The molecule has 0 amide bonds. The molecule has 0 saturated carbocycles. The van der Waals surface area contributed by atoms with Crippen molar-refractivity contribution in [3.05, 3.63) is 23.9 Å². The summed E-state index contributed by atoms with van der Waals surface area (Å²) >= 11 is 0. The zero-order valence-electron chi connectivity index (χ0n) is 13.2. The van der Waals surface area contributed by atoms with Crippen molar-refractivity contribution in [2.75, 3.05) is 24.2 Å². The molecule has 22 heavy (non-hydrogen) atoms. The van der Waals surface area contributed by atoms with Gasteiger partial charge in [-0.05, 0) is 43.9 Å². The SMILES string of the molecule is Cc1nc(N2CCC[C@H](C)C2)nc2cc(S(C)(=O)=O)ccc12. The average molecular weight is 319 g/mol. The van der Waals surface area contributed by atoms with Gasteiger partial charge >= 0.3 is 0 Å². The average Bonchev–Trinajstić information content (AvgIpc) is 2.45. The fourth-order valence-electron chi connectivity index (χ4n) is 3.00. The Bertz CT molecular complexity index is 817. The third-order valence-electron chi connectivity index (χ3n) is 4.22. The monoisotopic (exact) mass is 319 g/mol. The number of sulfone groups is 1. The van der Waals surface area contributed by atoms with E-state index in [9.17, 15) is 8.42 Å². The molecule has 0 radical (unpaired) electrons. The minimum Gasteiger partial charge on any atom is -0.341 e. The minimum absolute atomic E-state index is 0.302. The van der Waals surface area contributed by atoms with Gasteiger partial charge in [0.15, 0.2) is 9.84 Å². The number of rotatable bonds is 2. The van der Waals surface area contributed by atoms with Crippen LogP contribution in [0.3, 0.4) is 0 Å². The van der Waals surface area contributed by atoms with E-state index in [4.69, 9.17) is 0 Å². The topological polar surface area (TPSA) is 63.2 Å². The Balaban J connectivity index is 2.09. The Morgan fingerprint density at radius 3 is 2.73 bits per heavy atom. The normalized spacial score (nSPS) is 19.6. The van der Waals surface area contributed by atoms with E-state index in [-0.39, 0.29) is 0 Å². The van der Waals surface area contributed by atoms with E-state index in [1.165, 1.54) is 12.7 Å². The van der Waals surface area contributed by atoms with Gasteiger partial charge in [-0.2, -0.15) is 0 Å². The van der Waals surface area contributed by atoms with Crippen LogP contribution in [0.25, 0.3) is 10.9 Å². The van der Waals surface area contributed by atoms with Crippen molar-refractivity contribution in [2.45, 2.75) is 31.6 Å². The highest BCUT2D eigenvalue weighted by Gasteiger charge is 2.20. The number of anilines is 1. The fourth-order valence-corrected chi connectivity index (χ4v) is 3.64. The number of piperidine rings is 1. The lowest BCUT2D eigenvalue weighted by atomic mass is 10.0. The van der Waals surface area contributed by atoms with Crippen LogP contribution in [0, 0.1) is 12.8 Å².